The molecule has 0 saturated carbocycles. The van der Waals surface area contributed by atoms with Gasteiger partial charge < -0.3 is 11.1 Å². The lowest BCUT2D eigenvalue weighted by atomic mass is 10.0. The standard InChI is InChI=1S/C14H18N2O/c1-3-7-13(15)14(17)16-10-11(2)12-8-5-4-6-9-12/h1,4-6,8-9,11,13H,7,10,15H2,2H3,(H,16,17). The van der Waals surface area contributed by atoms with Crippen LogP contribution in [0.25, 0.3) is 0 Å². The number of rotatable bonds is 5. The molecular weight excluding hydrogens is 212 g/mol. The molecule has 0 aliphatic heterocycles. The van der Waals surface area contributed by atoms with E-state index in [0.717, 1.165) is 0 Å². The van der Waals surface area contributed by atoms with Crippen LogP contribution in [-0.2, 0) is 4.79 Å². The van der Waals surface area contributed by atoms with Crippen LogP contribution >= 0.6 is 0 Å². The maximum absolute atomic E-state index is 11.5. The zero-order chi connectivity index (χ0) is 12.7. The predicted molar refractivity (Wildman–Crippen MR) is 69.3 cm³/mol. The smallest absolute Gasteiger partial charge is 0.237 e. The number of terminal acetylenes is 1. The van der Waals surface area contributed by atoms with Crippen molar-refractivity contribution in [1.29, 1.82) is 0 Å². The molecule has 17 heavy (non-hydrogen) atoms. The molecule has 0 aromatic heterocycles. The van der Waals surface area contributed by atoms with E-state index in [-0.39, 0.29) is 18.2 Å². The molecule has 0 aliphatic carbocycles. The third-order valence-electron chi connectivity index (χ3n) is 2.63. The number of hydrogen-bond donors (Lipinski definition) is 2. The van der Waals surface area contributed by atoms with Gasteiger partial charge in [-0.1, -0.05) is 37.3 Å². The molecule has 0 spiro atoms. The van der Waals surface area contributed by atoms with E-state index in [1.807, 2.05) is 30.3 Å². The molecule has 0 bridgehead atoms. The molecule has 2 atom stereocenters. The summed E-state index contributed by atoms with van der Waals surface area (Å²) in [5.41, 5.74) is 6.79. The highest BCUT2D eigenvalue weighted by Gasteiger charge is 2.13. The van der Waals surface area contributed by atoms with Crippen molar-refractivity contribution in [1.82, 2.24) is 5.32 Å². The molecule has 3 N–H and O–H groups in total. The largest absolute Gasteiger partial charge is 0.354 e. The van der Waals surface area contributed by atoms with Gasteiger partial charge in [0.05, 0.1) is 6.04 Å². The fourth-order valence-electron chi connectivity index (χ4n) is 1.50. The van der Waals surface area contributed by atoms with Crippen LogP contribution < -0.4 is 11.1 Å². The summed E-state index contributed by atoms with van der Waals surface area (Å²) in [7, 11) is 0. The summed E-state index contributed by atoms with van der Waals surface area (Å²) in [6, 6.07) is 9.41. The van der Waals surface area contributed by atoms with Crippen molar-refractivity contribution in [2.24, 2.45) is 5.73 Å². The lowest BCUT2D eigenvalue weighted by Gasteiger charge is -2.15. The van der Waals surface area contributed by atoms with Crippen molar-refractivity contribution in [3.63, 3.8) is 0 Å². The van der Waals surface area contributed by atoms with Gasteiger partial charge in [0.25, 0.3) is 0 Å². The minimum absolute atomic E-state index is 0.189. The molecule has 90 valence electrons. The lowest BCUT2D eigenvalue weighted by molar-refractivity contribution is -0.122. The van der Waals surface area contributed by atoms with E-state index in [4.69, 9.17) is 12.2 Å². The van der Waals surface area contributed by atoms with Crippen LogP contribution in [0.1, 0.15) is 24.8 Å². The van der Waals surface area contributed by atoms with Gasteiger partial charge in [-0.2, -0.15) is 0 Å². The molecule has 2 unspecified atom stereocenters. The Kier molecular flexibility index (Phi) is 5.25. The van der Waals surface area contributed by atoms with Gasteiger partial charge in [-0.25, -0.2) is 0 Å². The predicted octanol–water partition coefficient (Wildman–Crippen LogP) is 1.26. The van der Waals surface area contributed by atoms with Gasteiger partial charge in [0.1, 0.15) is 0 Å². The number of benzene rings is 1. The van der Waals surface area contributed by atoms with E-state index < -0.39 is 6.04 Å². The molecular formula is C14H18N2O. The summed E-state index contributed by atoms with van der Waals surface area (Å²) < 4.78 is 0. The third-order valence-corrected chi connectivity index (χ3v) is 2.63. The quantitative estimate of drug-likeness (QED) is 0.748. The molecule has 0 fully saturated rings. The maximum Gasteiger partial charge on any atom is 0.237 e. The molecule has 0 heterocycles. The number of nitrogens with two attached hydrogens (primary N) is 1. The van der Waals surface area contributed by atoms with Crippen molar-refractivity contribution in [2.45, 2.75) is 25.3 Å². The van der Waals surface area contributed by atoms with Crippen LogP contribution in [0.2, 0.25) is 0 Å². The van der Waals surface area contributed by atoms with Crippen LogP contribution in [0.15, 0.2) is 30.3 Å². The molecule has 0 saturated heterocycles. The van der Waals surface area contributed by atoms with Crippen LogP contribution in [-0.4, -0.2) is 18.5 Å². The minimum atomic E-state index is -0.608. The van der Waals surface area contributed by atoms with Gasteiger partial charge in [-0.15, -0.1) is 12.3 Å². The maximum atomic E-state index is 11.5. The Balaban J connectivity index is 2.41. The highest BCUT2D eigenvalue weighted by molar-refractivity contribution is 5.81. The summed E-state index contributed by atoms with van der Waals surface area (Å²) in [5.74, 6) is 2.45. The summed E-state index contributed by atoms with van der Waals surface area (Å²) in [5, 5.41) is 2.81. The second-order valence-corrected chi connectivity index (χ2v) is 4.07. The van der Waals surface area contributed by atoms with Crippen molar-refractivity contribution in [3.05, 3.63) is 35.9 Å². The van der Waals surface area contributed by atoms with Gasteiger partial charge in [-0.05, 0) is 11.5 Å². The van der Waals surface area contributed by atoms with E-state index in [1.165, 1.54) is 5.56 Å². The summed E-state index contributed by atoms with van der Waals surface area (Å²) in [6.45, 7) is 2.63. The van der Waals surface area contributed by atoms with Crippen LogP contribution in [0.5, 0.6) is 0 Å². The van der Waals surface area contributed by atoms with E-state index in [1.54, 1.807) is 0 Å². The van der Waals surface area contributed by atoms with Crippen molar-refractivity contribution < 1.29 is 4.79 Å². The Morgan fingerprint density at radius 3 is 2.71 bits per heavy atom. The van der Waals surface area contributed by atoms with Gasteiger partial charge in [0.2, 0.25) is 5.91 Å². The first-order chi connectivity index (χ1) is 8.15. The number of amides is 1. The first-order valence-electron chi connectivity index (χ1n) is 5.67. The molecule has 1 amide bonds. The Morgan fingerprint density at radius 2 is 2.12 bits per heavy atom. The van der Waals surface area contributed by atoms with E-state index >= 15 is 0 Å². The molecule has 3 heteroatoms. The van der Waals surface area contributed by atoms with Crippen LogP contribution in [0, 0.1) is 12.3 Å². The Bertz CT molecular complexity index is 394. The zero-order valence-electron chi connectivity index (χ0n) is 10.0. The number of hydrogen-bond acceptors (Lipinski definition) is 2. The van der Waals surface area contributed by atoms with Crippen LogP contribution in [0.3, 0.4) is 0 Å². The van der Waals surface area contributed by atoms with Gasteiger partial charge >= 0.3 is 0 Å². The average Bonchev–Trinajstić information content (AvgIpc) is 2.36. The van der Waals surface area contributed by atoms with Crippen molar-refractivity contribution in [2.75, 3.05) is 6.54 Å². The van der Waals surface area contributed by atoms with E-state index in [9.17, 15) is 4.79 Å². The molecule has 1 aromatic carbocycles. The summed E-state index contributed by atoms with van der Waals surface area (Å²) >= 11 is 0. The molecule has 0 radical (unpaired) electrons. The lowest BCUT2D eigenvalue weighted by Crippen LogP contribution is -2.41. The number of carbonyl (C=O) groups is 1. The van der Waals surface area contributed by atoms with E-state index in [2.05, 4.69) is 18.2 Å². The second kappa shape index (κ2) is 6.72. The normalized spacial score (nSPS) is 13.5. The Hall–Kier alpha value is -1.79. The number of carbonyl (C=O) groups excluding carboxylic acids is 1. The van der Waals surface area contributed by atoms with Crippen LogP contribution in [0.4, 0.5) is 0 Å². The number of nitrogens with one attached hydrogen (secondary N) is 1. The Labute approximate surface area is 102 Å². The first kappa shape index (κ1) is 13.3. The van der Waals surface area contributed by atoms with E-state index in [0.29, 0.717) is 6.54 Å². The molecule has 3 nitrogen and oxygen atoms in total. The van der Waals surface area contributed by atoms with Crippen molar-refractivity contribution in [3.8, 4) is 12.3 Å². The van der Waals surface area contributed by atoms with Gasteiger partial charge in [0, 0.05) is 13.0 Å². The monoisotopic (exact) mass is 230 g/mol. The fourth-order valence-corrected chi connectivity index (χ4v) is 1.50. The average molecular weight is 230 g/mol. The van der Waals surface area contributed by atoms with Crippen molar-refractivity contribution >= 4 is 5.91 Å². The highest BCUT2D eigenvalue weighted by Crippen LogP contribution is 2.12. The summed E-state index contributed by atoms with van der Waals surface area (Å²) in [4.78, 5) is 11.5. The topological polar surface area (TPSA) is 55.1 Å². The summed E-state index contributed by atoms with van der Waals surface area (Å²) in [6.07, 6.45) is 5.37. The zero-order valence-corrected chi connectivity index (χ0v) is 10.0. The third kappa shape index (κ3) is 4.29. The first-order valence-corrected chi connectivity index (χ1v) is 5.67. The SMILES string of the molecule is C#CCC(N)C(=O)NCC(C)c1ccccc1. The molecule has 1 rings (SSSR count). The Morgan fingerprint density at radius 1 is 1.47 bits per heavy atom. The molecule has 1 aromatic rings. The highest BCUT2D eigenvalue weighted by atomic mass is 16.2. The van der Waals surface area contributed by atoms with Gasteiger partial charge in [0.15, 0.2) is 0 Å². The fraction of sp³-hybridized carbons (Fsp3) is 0.357. The minimum Gasteiger partial charge on any atom is -0.354 e. The van der Waals surface area contributed by atoms with Gasteiger partial charge in [-0.3, -0.25) is 4.79 Å². The second-order valence-electron chi connectivity index (χ2n) is 4.07. The molecule has 0 aliphatic rings.